The van der Waals surface area contributed by atoms with Gasteiger partial charge in [0.2, 0.25) is 0 Å². The molecule has 0 saturated carbocycles. The molecule has 0 bridgehead atoms. The molecule has 0 aromatic heterocycles. The van der Waals surface area contributed by atoms with Gasteiger partial charge in [-0.3, -0.25) is 0 Å². The molecule has 0 unspecified atom stereocenters. The Morgan fingerprint density at radius 2 is 2.00 bits per heavy atom. The van der Waals surface area contributed by atoms with Crippen molar-refractivity contribution in [2.45, 2.75) is 6.61 Å². The molecule has 0 aliphatic carbocycles. The van der Waals surface area contributed by atoms with Crippen LogP contribution in [0.1, 0.15) is 15.9 Å². The van der Waals surface area contributed by atoms with Gasteiger partial charge in [-0.05, 0) is 29.8 Å². The fraction of sp³-hybridized carbons (Fsp3) is 0.0714. The Labute approximate surface area is 117 Å². The third-order valence-electron chi connectivity index (χ3n) is 2.47. The summed E-state index contributed by atoms with van der Waals surface area (Å²) in [6.45, 7) is 0.0979. The van der Waals surface area contributed by atoms with Gasteiger partial charge in [-0.25, -0.2) is 9.18 Å². The van der Waals surface area contributed by atoms with E-state index in [-0.39, 0.29) is 17.9 Å². The molecule has 0 aliphatic rings. The maximum absolute atomic E-state index is 13.6. The maximum Gasteiger partial charge on any atom is 0.339 e. The van der Waals surface area contributed by atoms with Crippen LogP contribution >= 0.6 is 15.9 Å². The molecule has 2 rings (SSSR count). The zero-order valence-electron chi connectivity index (χ0n) is 9.77. The van der Waals surface area contributed by atoms with Crippen LogP contribution in [0.2, 0.25) is 0 Å². The van der Waals surface area contributed by atoms with Gasteiger partial charge in [-0.1, -0.05) is 34.1 Å². The number of carboxylic acid groups (broad SMARTS) is 1. The van der Waals surface area contributed by atoms with Gasteiger partial charge in [-0.15, -0.1) is 0 Å². The second kappa shape index (κ2) is 5.84. The highest BCUT2D eigenvalue weighted by Crippen LogP contribution is 2.24. The van der Waals surface area contributed by atoms with Crippen molar-refractivity contribution >= 4 is 21.9 Å². The molecule has 2 aromatic rings. The lowest BCUT2D eigenvalue weighted by Crippen LogP contribution is -2.05. The van der Waals surface area contributed by atoms with E-state index < -0.39 is 11.8 Å². The summed E-state index contributed by atoms with van der Waals surface area (Å²) in [5.41, 5.74) is 0.629. The molecular weight excluding hydrogens is 315 g/mol. The topological polar surface area (TPSA) is 46.5 Å². The van der Waals surface area contributed by atoms with Crippen molar-refractivity contribution in [3.63, 3.8) is 0 Å². The molecule has 0 amide bonds. The molecule has 1 N–H and O–H groups in total. The van der Waals surface area contributed by atoms with Gasteiger partial charge in [0.15, 0.2) is 11.6 Å². The average Bonchev–Trinajstić information content (AvgIpc) is 2.37. The van der Waals surface area contributed by atoms with E-state index in [1.807, 2.05) is 24.3 Å². The Morgan fingerprint density at radius 3 is 2.68 bits per heavy atom. The zero-order chi connectivity index (χ0) is 13.8. The smallest absolute Gasteiger partial charge is 0.339 e. The van der Waals surface area contributed by atoms with E-state index in [1.54, 1.807) is 0 Å². The molecule has 0 saturated heterocycles. The van der Waals surface area contributed by atoms with E-state index in [0.717, 1.165) is 10.0 Å². The minimum atomic E-state index is -1.22. The number of benzene rings is 2. The number of para-hydroxylation sites is 1. The molecular formula is C14H10BrFO3. The predicted molar refractivity (Wildman–Crippen MR) is 71.8 cm³/mol. The van der Waals surface area contributed by atoms with Gasteiger partial charge in [0.25, 0.3) is 0 Å². The van der Waals surface area contributed by atoms with Gasteiger partial charge in [-0.2, -0.15) is 0 Å². The first-order valence-electron chi connectivity index (χ1n) is 5.47. The van der Waals surface area contributed by atoms with Crippen molar-refractivity contribution in [3.05, 3.63) is 63.9 Å². The van der Waals surface area contributed by atoms with Gasteiger partial charge in [0.1, 0.15) is 12.2 Å². The molecule has 0 fully saturated rings. The highest BCUT2D eigenvalue weighted by atomic mass is 79.9. The highest BCUT2D eigenvalue weighted by molar-refractivity contribution is 9.10. The monoisotopic (exact) mass is 324 g/mol. The van der Waals surface area contributed by atoms with Crippen LogP contribution in [0.25, 0.3) is 0 Å². The average molecular weight is 325 g/mol. The van der Waals surface area contributed by atoms with Crippen molar-refractivity contribution in [2.24, 2.45) is 0 Å². The Bertz CT molecular complexity index is 613. The van der Waals surface area contributed by atoms with Crippen LogP contribution in [0.3, 0.4) is 0 Å². The molecule has 5 heteroatoms. The second-order valence-corrected chi connectivity index (χ2v) is 4.76. The van der Waals surface area contributed by atoms with Crippen molar-refractivity contribution in [3.8, 4) is 5.75 Å². The Morgan fingerprint density at radius 1 is 1.26 bits per heavy atom. The van der Waals surface area contributed by atoms with E-state index in [0.29, 0.717) is 0 Å². The number of halogens is 2. The first-order chi connectivity index (χ1) is 9.08. The summed E-state index contributed by atoms with van der Waals surface area (Å²) in [6, 6.07) is 11.1. The number of aromatic carboxylic acids is 1. The summed E-state index contributed by atoms with van der Waals surface area (Å²) in [4.78, 5) is 11.0. The summed E-state index contributed by atoms with van der Waals surface area (Å²) in [5, 5.41) is 8.98. The third-order valence-corrected chi connectivity index (χ3v) is 2.96. The fourth-order valence-electron chi connectivity index (χ4n) is 1.61. The Balaban J connectivity index is 2.22. The number of ether oxygens (including phenoxy) is 1. The number of hydrogen-bond donors (Lipinski definition) is 1. The number of hydrogen-bond acceptors (Lipinski definition) is 2. The molecule has 19 heavy (non-hydrogen) atoms. The first-order valence-corrected chi connectivity index (χ1v) is 6.26. The van der Waals surface area contributed by atoms with E-state index in [1.165, 1.54) is 18.2 Å². The molecule has 0 radical (unpaired) electrons. The lowest BCUT2D eigenvalue weighted by Gasteiger charge is -2.10. The molecule has 0 aliphatic heterocycles. The largest absolute Gasteiger partial charge is 0.485 e. The van der Waals surface area contributed by atoms with Crippen molar-refractivity contribution in [1.82, 2.24) is 0 Å². The highest BCUT2D eigenvalue weighted by Gasteiger charge is 2.15. The van der Waals surface area contributed by atoms with E-state index in [4.69, 9.17) is 9.84 Å². The molecule has 0 heterocycles. The Kier molecular flexibility index (Phi) is 4.16. The first kappa shape index (κ1) is 13.5. The van der Waals surface area contributed by atoms with Crippen molar-refractivity contribution < 1.29 is 19.0 Å². The summed E-state index contributed by atoms with van der Waals surface area (Å²) in [5.74, 6) is -2.14. The van der Waals surface area contributed by atoms with Crippen LogP contribution < -0.4 is 4.74 Å². The molecule has 0 spiro atoms. The molecule has 2 aromatic carbocycles. The van der Waals surface area contributed by atoms with Crippen LogP contribution in [-0.2, 0) is 6.61 Å². The SMILES string of the molecule is O=C(O)c1cccc(F)c1OCc1cccc(Br)c1. The van der Waals surface area contributed by atoms with Crippen LogP contribution in [0.4, 0.5) is 4.39 Å². The Hall–Kier alpha value is -1.88. The van der Waals surface area contributed by atoms with Crippen molar-refractivity contribution in [2.75, 3.05) is 0 Å². The summed E-state index contributed by atoms with van der Waals surface area (Å²) >= 11 is 3.32. The molecule has 98 valence electrons. The van der Waals surface area contributed by atoms with Crippen molar-refractivity contribution in [1.29, 1.82) is 0 Å². The molecule has 3 nitrogen and oxygen atoms in total. The lowest BCUT2D eigenvalue weighted by molar-refractivity contribution is 0.0690. The van der Waals surface area contributed by atoms with E-state index in [2.05, 4.69) is 15.9 Å². The van der Waals surface area contributed by atoms with Crippen LogP contribution in [0.5, 0.6) is 5.75 Å². The van der Waals surface area contributed by atoms with Gasteiger partial charge in [0.05, 0.1) is 0 Å². The van der Waals surface area contributed by atoms with Crippen LogP contribution in [0.15, 0.2) is 46.9 Å². The zero-order valence-corrected chi connectivity index (χ0v) is 11.4. The summed E-state index contributed by atoms with van der Waals surface area (Å²) in [7, 11) is 0. The number of carbonyl (C=O) groups is 1. The standard InChI is InChI=1S/C14H10BrFO3/c15-10-4-1-3-9(7-10)8-19-13-11(14(17)18)5-2-6-12(13)16/h1-7H,8H2,(H,17,18). The maximum atomic E-state index is 13.6. The summed E-state index contributed by atoms with van der Waals surface area (Å²) < 4.78 is 19.8. The van der Waals surface area contributed by atoms with Gasteiger partial charge < -0.3 is 9.84 Å². The van der Waals surface area contributed by atoms with Gasteiger partial charge in [0, 0.05) is 4.47 Å². The third kappa shape index (κ3) is 3.32. The predicted octanol–water partition coefficient (Wildman–Crippen LogP) is 3.87. The fourth-order valence-corrected chi connectivity index (χ4v) is 2.05. The quantitative estimate of drug-likeness (QED) is 0.928. The number of carboxylic acids is 1. The minimum absolute atomic E-state index is 0.0979. The second-order valence-electron chi connectivity index (χ2n) is 3.84. The van der Waals surface area contributed by atoms with Crippen LogP contribution in [0, 0.1) is 5.82 Å². The minimum Gasteiger partial charge on any atom is -0.485 e. The van der Waals surface area contributed by atoms with Crippen LogP contribution in [-0.4, -0.2) is 11.1 Å². The van der Waals surface area contributed by atoms with E-state index >= 15 is 0 Å². The lowest BCUT2D eigenvalue weighted by atomic mass is 10.2. The molecule has 0 atom stereocenters. The van der Waals surface area contributed by atoms with E-state index in [9.17, 15) is 9.18 Å². The van der Waals surface area contributed by atoms with Gasteiger partial charge >= 0.3 is 5.97 Å². The normalized spacial score (nSPS) is 10.2. The number of rotatable bonds is 4. The summed E-state index contributed by atoms with van der Waals surface area (Å²) in [6.07, 6.45) is 0.